The van der Waals surface area contributed by atoms with Crippen molar-refractivity contribution in [2.24, 2.45) is 0 Å². The average Bonchev–Trinajstić information content (AvgIpc) is 2.27. The van der Waals surface area contributed by atoms with Crippen LogP contribution in [-0.2, 0) is 19.4 Å². The number of nitrogens with one attached hydrogen (secondary N) is 1. The first kappa shape index (κ1) is 14.1. The fourth-order valence-corrected chi connectivity index (χ4v) is 1.30. The first-order valence-corrected chi connectivity index (χ1v) is 5.91. The van der Waals surface area contributed by atoms with Crippen molar-refractivity contribution < 1.29 is 31.8 Å². The van der Waals surface area contributed by atoms with E-state index in [-0.39, 0.29) is 5.56 Å². The smallest absolute Gasteiger partial charge is 0.364 e. The summed E-state index contributed by atoms with van der Waals surface area (Å²) in [5, 5.41) is 10.9. The molecule has 1 aromatic carbocycles. The Kier molecular flexibility index (Phi) is 4.37. The highest BCUT2D eigenvalue weighted by atomic mass is 32.3. The zero-order valence-electron chi connectivity index (χ0n) is 8.81. The lowest BCUT2D eigenvalue weighted by Gasteiger charge is -2.10. The number of carbonyl (C=O) groups excluding carboxylic acids is 2. The lowest BCUT2D eigenvalue weighted by Crippen LogP contribution is -2.42. The quantitative estimate of drug-likeness (QED) is 0.478. The van der Waals surface area contributed by atoms with Gasteiger partial charge in [0.2, 0.25) is 6.23 Å². The Morgan fingerprint density at radius 1 is 1.22 bits per heavy atom. The molecule has 1 amide bonds. The van der Waals surface area contributed by atoms with Crippen molar-refractivity contribution >= 4 is 22.3 Å². The molecule has 0 radical (unpaired) electrons. The maximum atomic E-state index is 11.4. The van der Waals surface area contributed by atoms with Crippen LogP contribution in [-0.4, -0.2) is 36.2 Å². The van der Waals surface area contributed by atoms with Gasteiger partial charge in [-0.15, -0.1) is 0 Å². The second-order valence-corrected chi connectivity index (χ2v) is 4.09. The Balaban J connectivity index is 2.63. The minimum atomic E-state index is -5.03. The highest BCUT2D eigenvalue weighted by Crippen LogP contribution is 1.99. The molecule has 9 heteroatoms. The summed E-state index contributed by atoms with van der Waals surface area (Å²) >= 11 is 0. The summed E-state index contributed by atoms with van der Waals surface area (Å²) in [5.74, 6) is -2.53. The van der Waals surface area contributed by atoms with Crippen molar-refractivity contribution in [1.82, 2.24) is 5.32 Å². The van der Waals surface area contributed by atoms with E-state index in [1.807, 2.05) is 0 Å². The molecule has 0 aliphatic heterocycles. The van der Waals surface area contributed by atoms with Gasteiger partial charge in [0.1, 0.15) is 0 Å². The molecule has 1 aromatic rings. The van der Waals surface area contributed by atoms with Crippen molar-refractivity contribution in [2.75, 3.05) is 0 Å². The highest BCUT2D eigenvalue weighted by Gasteiger charge is 2.24. The van der Waals surface area contributed by atoms with Gasteiger partial charge in [0.25, 0.3) is 5.91 Å². The Morgan fingerprint density at radius 2 is 1.78 bits per heavy atom. The van der Waals surface area contributed by atoms with E-state index in [2.05, 4.69) is 4.18 Å². The minimum Gasteiger partial charge on any atom is -0.364 e. The van der Waals surface area contributed by atoms with E-state index in [1.165, 1.54) is 12.1 Å². The van der Waals surface area contributed by atoms with Crippen molar-refractivity contribution in [3.8, 4) is 0 Å². The van der Waals surface area contributed by atoms with Gasteiger partial charge in [-0.1, -0.05) is 18.2 Å². The van der Waals surface area contributed by atoms with Gasteiger partial charge < -0.3 is 14.6 Å². The Hall–Kier alpha value is -1.97. The van der Waals surface area contributed by atoms with Crippen LogP contribution in [0.15, 0.2) is 30.3 Å². The molecule has 0 spiro atoms. The normalized spacial score (nSPS) is 12.6. The third-order valence-corrected chi connectivity index (χ3v) is 2.09. The van der Waals surface area contributed by atoms with Crippen LogP contribution in [0.5, 0.6) is 0 Å². The van der Waals surface area contributed by atoms with Gasteiger partial charge >= 0.3 is 16.4 Å². The highest BCUT2D eigenvalue weighted by molar-refractivity contribution is 7.81. The number of benzene rings is 1. The standard InChI is InChI=1S/C9H9NO7S/c11-7(6-4-2-1-3-5-6)10-8(12)9(13)17-18(14,15)16/h1-5,8,12H,(H,10,11)(H,14,15,16). The van der Waals surface area contributed by atoms with E-state index in [4.69, 9.17) is 9.66 Å². The summed E-state index contributed by atoms with van der Waals surface area (Å²) < 4.78 is 32.0. The third kappa shape index (κ3) is 4.49. The molecule has 3 N–H and O–H groups in total. The lowest BCUT2D eigenvalue weighted by molar-refractivity contribution is -0.144. The predicted molar refractivity (Wildman–Crippen MR) is 57.6 cm³/mol. The summed E-state index contributed by atoms with van der Waals surface area (Å²) in [4.78, 5) is 22.3. The molecule has 0 aliphatic carbocycles. The molecule has 0 saturated carbocycles. The molecule has 0 fully saturated rings. The molecule has 0 aromatic heterocycles. The molecular formula is C9H9NO7S. The molecule has 18 heavy (non-hydrogen) atoms. The Morgan fingerprint density at radius 3 is 2.28 bits per heavy atom. The van der Waals surface area contributed by atoms with Crippen molar-refractivity contribution in [3.05, 3.63) is 35.9 Å². The zero-order valence-corrected chi connectivity index (χ0v) is 9.62. The van der Waals surface area contributed by atoms with Crippen molar-refractivity contribution in [2.45, 2.75) is 6.23 Å². The molecule has 1 unspecified atom stereocenters. The first-order valence-electron chi connectivity index (χ1n) is 4.54. The van der Waals surface area contributed by atoms with Crippen LogP contribution >= 0.6 is 0 Å². The topological polar surface area (TPSA) is 130 Å². The van der Waals surface area contributed by atoms with E-state index in [0.29, 0.717) is 0 Å². The van der Waals surface area contributed by atoms with Crippen molar-refractivity contribution in [1.29, 1.82) is 0 Å². The van der Waals surface area contributed by atoms with Crippen LogP contribution in [0.4, 0.5) is 0 Å². The van der Waals surface area contributed by atoms with Crippen LogP contribution in [0.1, 0.15) is 10.4 Å². The average molecular weight is 275 g/mol. The number of amides is 1. The molecule has 0 saturated heterocycles. The van der Waals surface area contributed by atoms with E-state index in [9.17, 15) is 18.0 Å². The maximum absolute atomic E-state index is 11.4. The SMILES string of the molecule is O=C(NC(O)C(=O)OS(=O)(=O)O)c1ccccc1. The second kappa shape index (κ2) is 5.58. The molecule has 0 heterocycles. The number of aliphatic hydroxyl groups excluding tert-OH is 1. The minimum absolute atomic E-state index is 0.149. The van der Waals surface area contributed by atoms with Crippen LogP contribution in [0.2, 0.25) is 0 Å². The molecule has 98 valence electrons. The summed E-state index contributed by atoms with van der Waals surface area (Å²) in [5.41, 5.74) is 0.149. The van der Waals surface area contributed by atoms with E-state index in [1.54, 1.807) is 23.5 Å². The Bertz CT molecular complexity index is 539. The monoisotopic (exact) mass is 275 g/mol. The van der Waals surface area contributed by atoms with Gasteiger partial charge in [-0.2, -0.15) is 8.42 Å². The van der Waals surface area contributed by atoms with Crippen LogP contribution in [0.25, 0.3) is 0 Å². The van der Waals surface area contributed by atoms with Gasteiger partial charge in [-0.05, 0) is 12.1 Å². The number of hydrogen-bond donors (Lipinski definition) is 3. The molecular weight excluding hydrogens is 266 g/mol. The van der Waals surface area contributed by atoms with E-state index in [0.717, 1.165) is 0 Å². The largest absolute Gasteiger partial charge is 0.449 e. The van der Waals surface area contributed by atoms with E-state index >= 15 is 0 Å². The van der Waals surface area contributed by atoms with Gasteiger partial charge in [0.15, 0.2) is 0 Å². The van der Waals surface area contributed by atoms with Crippen LogP contribution in [0, 0.1) is 0 Å². The van der Waals surface area contributed by atoms with Crippen LogP contribution in [0.3, 0.4) is 0 Å². The van der Waals surface area contributed by atoms with Gasteiger partial charge in [0.05, 0.1) is 0 Å². The molecule has 8 nitrogen and oxygen atoms in total. The van der Waals surface area contributed by atoms with E-state index < -0.39 is 28.5 Å². The third-order valence-electron chi connectivity index (χ3n) is 1.71. The van der Waals surface area contributed by atoms with Gasteiger partial charge in [0, 0.05) is 5.56 Å². The number of rotatable bonds is 4. The maximum Gasteiger partial charge on any atom is 0.449 e. The molecule has 0 bridgehead atoms. The number of hydrogen-bond acceptors (Lipinski definition) is 6. The zero-order chi connectivity index (χ0) is 13.8. The molecule has 1 atom stereocenters. The summed E-state index contributed by atoms with van der Waals surface area (Å²) in [6, 6.07) is 7.59. The summed E-state index contributed by atoms with van der Waals surface area (Å²) in [7, 11) is -5.03. The van der Waals surface area contributed by atoms with Crippen molar-refractivity contribution in [3.63, 3.8) is 0 Å². The molecule has 1 rings (SSSR count). The van der Waals surface area contributed by atoms with Gasteiger partial charge in [-0.25, -0.2) is 4.79 Å². The predicted octanol–water partition coefficient (Wildman–Crippen LogP) is -0.919. The fourth-order valence-electron chi connectivity index (χ4n) is 1.01. The molecule has 0 aliphatic rings. The second-order valence-electron chi connectivity index (χ2n) is 3.07. The summed E-state index contributed by atoms with van der Waals surface area (Å²) in [6.07, 6.45) is -2.21. The number of aliphatic hydroxyl groups is 1. The number of carbonyl (C=O) groups is 2. The fraction of sp³-hybridized carbons (Fsp3) is 0.111. The van der Waals surface area contributed by atoms with Crippen LogP contribution < -0.4 is 5.32 Å². The Labute approximate surface area is 102 Å². The summed E-state index contributed by atoms with van der Waals surface area (Å²) in [6.45, 7) is 0. The lowest BCUT2D eigenvalue weighted by atomic mass is 10.2. The van der Waals surface area contributed by atoms with Gasteiger partial charge in [-0.3, -0.25) is 9.35 Å². The first-order chi connectivity index (χ1) is 8.29.